The zero-order valence-corrected chi connectivity index (χ0v) is 16.4. The number of aryl methyl sites for hydroxylation is 3. The van der Waals surface area contributed by atoms with Crippen LogP contribution in [-0.4, -0.2) is 20.7 Å². The van der Waals surface area contributed by atoms with Gasteiger partial charge in [-0.3, -0.25) is 9.48 Å². The van der Waals surface area contributed by atoms with Gasteiger partial charge in [0, 0.05) is 7.05 Å². The van der Waals surface area contributed by atoms with E-state index in [4.69, 9.17) is 9.40 Å². The standard InChI is InChI=1S/C20H20N4O2S/c1-11-7-8-16(26-11)12(2)21-20(25)14-10-15(17-6-5-9-27-17)22-19-18(14)13(3)23-24(19)4/h5-10,12H,1-4H3,(H,21,25). The number of thiophene rings is 1. The van der Waals surface area contributed by atoms with Gasteiger partial charge in [0.2, 0.25) is 0 Å². The Balaban J connectivity index is 1.78. The van der Waals surface area contributed by atoms with Crippen molar-refractivity contribution in [2.75, 3.05) is 0 Å². The molecule has 0 fully saturated rings. The topological polar surface area (TPSA) is 73.0 Å². The van der Waals surface area contributed by atoms with E-state index in [9.17, 15) is 4.79 Å². The lowest BCUT2D eigenvalue weighted by atomic mass is 10.1. The summed E-state index contributed by atoms with van der Waals surface area (Å²) in [5.74, 6) is 1.38. The van der Waals surface area contributed by atoms with Crippen molar-refractivity contribution in [2.24, 2.45) is 7.05 Å². The molecule has 6 nitrogen and oxygen atoms in total. The van der Waals surface area contributed by atoms with Crippen LogP contribution in [0.5, 0.6) is 0 Å². The Labute approximate surface area is 160 Å². The molecule has 4 aromatic rings. The van der Waals surface area contributed by atoms with Crippen molar-refractivity contribution in [3.8, 4) is 10.6 Å². The monoisotopic (exact) mass is 380 g/mol. The molecule has 138 valence electrons. The van der Waals surface area contributed by atoms with Crippen molar-refractivity contribution in [2.45, 2.75) is 26.8 Å². The summed E-state index contributed by atoms with van der Waals surface area (Å²) in [5, 5.41) is 10.3. The molecule has 0 aromatic carbocycles. The quantitative estimate of drug-likeness (QED) is 0.570. The van der Waals surface area contributed by atoms with Gasteiger partial charge in [-0.2, -0.15) is 5.10 Å². The summed E-state index contributed by atoms with van der Waals surface area (Å²) >= 11 is 1.59. The summed E-state index contributed by atoms with van der Waals surface area (Å²) in [6.07, 6.45) is 0. The van der Waals surface area contributed by atoms with E-state index in [0.29, 0.717) is 11.2 Å². The van der Waals surface area contributed by atoms with Crippen LogP contribution in [0.4, 0.5) is 0 Å². The number of fused-ring (bicyclic) bond motifs is 1. The van der Waals surface area contributed by atoms with E-state index in [1.807, 2.05) is 63.5 Å². The van der Waals surface area contributed by atoms with E-state index in [-0.39, 0.29) is 11.9 Å². The fourth-order valence-corrected chi connectivity index (χ4v) is 3.89. The van der Waals surface area contributed by atoms with E-state index in [0.717, 1.165) is 33.2 Å². The summed E-state index contributed by atoms with van der Waals surface area (Å²) in [7, 11) is 1.84. The second-order valence-corrected chi connectivity index (χ2v) is 7.53. The molecule has 1 atom stereocenters. The minimum Gasteiger partial charge on any atom is -0.464 e. The van der Waals surface area contributed by atoms with Gasteiger partial charge in [0.15, 0.2) is 5.65 Å². The molecule has 0 spiro atoms. The maximum Gasteiger partial charge on any atom is 0.252 e. The first-order valence-electron chi connectivity index (χ1n) is 8.69. The van der Waals surface area contributed by atoms with Crippen molar-refractivity contribution >= 4 is 28.3 Å². The third kappa shape index (κ3) is 3.14. The van der Waals surface area contributed by atoms with Gasteiger partial charge in [-0.05, 0) is 50.4 Å². The first-order valence-corrected chi connectivity index (χ1v) is 9.57. The molecule has 0 aliphatic rings. The lowest BCUT2D eigenvalue weighted by molar-refractivity contribution is 0.0936. The number of nitrogens with one attached hydrogen (secondary N) is 1. The molecule has 0 aliphatic carbocycles. The van der Waals surface area contributed by atoms with Crippen molar-refractivity contribution < 1.29 is 9.21 Å². The zero-order chi connectivity index (χ0) is 19.1. The van der Waals surface area contributed by atoms with Crippen molar-refractivity contribution in [3.63, 3.8) is 0 Å². The number of furan rings is 1. The number of amides is 1. The Morgan fingerprint density at radius 2 is 2.11 bits per heavy atom. The smallest absolute Gasteiger partial charge is 0.252 e. The average Bonchev–Trinajstić information content (AvgIpc) is 3.36. The molecule has 4 rings (SSSR count). The van der Waals surface area contributed by atoms with Gasteiger partial charge in [0.25, 0.3) is 5.91 Å². The summed E-state index contributed by atoms with van der Waals surface area (Å²) in [5.41, 5.74) is 2.82. The van der Waals surface area contributed by atoms with Crippen LogP contribution in [0.3, 0.4) is 0 Å². The molecule has 27 heavy (non-hydrogen) atoms. The van der Waals surface area contributed by atoms with Crippen LogP contribution < -0.4 is 5.32 Å². The van der Waals surface area contributed by atoms with Crippen LogP contribution in [0.15, 0.2) is 40.1 Å². The number of nitrogens with zero attached hydrogens (tertiary/aromatic N) is 3. The van der Waals surface area contributed by atoms with Gasteiger partial charge < -0.3 is 9.73 Å². The van der Waals surface area contributed by atoms with E-state index in [2.05, 4.69) is 10.4 Å². The van der Waals surface area contributed by atoms with Crippen LogP contribution in [0.25, 0.3) is 21.6 Å². The Morgan fingerprint density at radius 1 is 1.30 bits per heavy atom. The molecule has 7 heteroatoms. The maximum absolute atomic E-state index is 13.1. The highest BCUT2D eigenvalue weighted by molar-refractivity contribution is 7.13. The molecule has 0 aliphatic heterocycles. The van der Waals surface area contributed by atoms with E-state index >= 15 is 0 Å². The number of rotatable bonds is 4. The molecule has 0 bridgehead atoms. The number of pyridine rings is 1. The minimum atomic E-state index is -0.239. The van der Waals surface area contributed by atoms with Gasteiger partial charge in [0.05, 0.1) is 33.3 Å². The number of hydrogen-bond acceptors (Lipinski definition) is 5. The lowest BCUT2D eigenvalue weighted by Gasteiger charge is -2.13. The van der Waals surface area contributed by atoms with Crippen molar-refractivity contribution in [3.05, 3.63) is 58.5 Å². The first-order chi connectivity index (χ1) is 12.9. The predicted molar refractivity (Wildman–Crippen MR) is 106 cm³/mol. The van der Waals surface area contributed by atoms with Crippen LogP contribution in [0.2, 0.25) is 0 Å². The van der Waals surface area contributed by atoms with E-state index < -0.39 is 0 Å². The summed E-state index contributed by atoms with van der Waals surface area (Å²) in [6.45, 7) is 5.69. The Hall–Kier alpha value is -2.93. The molecule has 1 unspecified atom stereocenters. The van der Waals surface area contributed by atoms with Crippen molar-refractivity contribution in [1.82, 2.24) is 20.1 Å². The van der Waals surface area contributed by atoms with Crippen LogP contribution in [0, 0.1) is 13.8 Å². The lowest BCUT2D eigenvalue weighted by Crippen LogP contribution is -2.26. The van der Waals surface area contributed by atoms with Gasteiger partial charge in [-0.15, -0.1) is 11.3 Å². The molecule has 1 N–H and O–H groups in total. The first kappa shape index (κ1) is 17.5. The molecular weight excluding hydrogens is 360 g/mol. The summed E-state index contributed by atoms with van der Waals surface area (Å²) < 4.78 is 7.36. The molecule has 1 amide bonds. The van der Waals surface area contributed by atoms with Gasteiger partial charge in [-0.25, -0.2) is 4.98 Å². The Kier molecular flexibility index (Phi) is 4.31. The maximum atomic E-state index is 13.1. The van der Waals surface area contributed by atoms with E-state index in [1.165, 1.54) is 0 Å². The average molecular weight is 380 g/mol. The second-order valence-electron chi connectivity index (χ2n) is 6.58. The van der Waals surface area contributed by atoms with Crippen LogP contribution in [0.1, 0.15) is 40.5 Å². The van der Waals surface area contributed by atoms with Gasteiger partial charge >= 0.3 is 0 Å². The third-order valence-corrected chi connectivity index (χ3v) is 5.41. The Bertz CT molecular complexity index is 1120. The molecule has 0 saturated heterocycles. The number of carbonyl (C=O) groups is 1. The van der Waals surface area contributed by atoms with Crippen LogP contribution in [-0.2, 0) is 7.05 Å². The Morgan fingerprint density at radius 3 is 2.78 bits per heavy atom. The second kappa shape index (κ2) is 6.66. The highest BCUT2D eigenvalue weighted by Gasteiger charge is 2.21. The minimum absolute atomic E-state index is 0.169. The number of aromatic nitrogens is 3. The van der Waals surface area contributed by atoms with Gasteiger partial charge in [0.1, 0.15) is 11.5 Å². The third-order valence-electron chi connectivity index (χ3n) is 4.52. The van der Waals surface area contributed by atoms with Gasteiger partial charge in [-0.1, -0.05) is 6.07 Å². The summed E-state index contributed by atoms with van der Waals surface area (Å²) in [6, 6.07) is 9.35. The largest absolute Gasteiger partial charge is 0.464 e. The zero-order valence-electron chi connectivity index (χ0n) is 15.6. The number of hydrogen-bond donors (Lipinski definition) is 1. The molecule has 0 saturated carbocycles. The SMILES string of the molecule is Cc1ccc(C(C)NC(=O)c2cc(-c3cccs3)nc3c2c(C)nn3C)o1. The molecule has 4 aromatic heterocycles. The van der Waals surface area contributed by atoms with Crippen molar-refractivity contribution in [1.29, 1.82) is 0 Å². The predicted octanol–water partition coefficient (Wildman–Crippen LogP) is 4.40. The molecule has 0 radical (unpaired) electrons. The molecular formula is C20H20N4O2S. The highest BCUT2D eigenvalue weighted by atomic mass is 32.1. The summed E-state index contributed by atoms with van der Waals surface area (Å²) in [4.78, 5) is 18.9. The highest BCUT2D eigenvalue weighted by Crippen LogP contribution is 2.29. The normalized spacial score (nSPS) is 12.4. The van der Waals surface area contributed by atoms with E-state index in [1.54, 1.807) is 16.0 Å². The fourth-order valence-electron chi connectivity index (χ4n) is 3.21. The van der Waals surface area contributed by atoms with Crippen LogP contribution >= 0.6 is 11.3 Å². The molecule has 4 heterocycles. The number of carbonyl (C=O) groups excluding carboxylic acids is 1. The fraction of sp³-hybridized carbons (Fsp3) is 0.250.